The topological polar surface area (TPSA) is 104 Å². The van der Waals surface area contributed by atoms with Gasteiger partial charge < -0.3 is 4.74 Å². The van der Waals surface area contributed by atoms with E-state index in [2.05, 4.69) is 6.07 Å². The molecule has 2 bridgehead atoms. The predicted molar refractivity (Wildman–Crippen MR) is 68.1 cm³/mol. The summed E-state index contributed by atoms with van der Waals surface area (Å²) in [5.74, 6) is -0.618. The number of benzene rings is 1. The van der Waals surface area contributed by atoms with Crippen LogP contribution in [0.5, 0.6) is 0 Å². The summed E-state index contributed by atoms with van der Waals surface area (Å²) in [6.45, 7) is 0. The first-order valence-corrected chi connectivity index (χ1v) is 6.20. The number of nitrogens with zero attached hydrogens (tertiary/aromatic N) is 3. The molecule has 2 fully saturated rings. The minimum Gasteiger partial charge on any atom is -0.474 e. The van der Waals surface area contributed by atoms with E-state index in [1.807, 2.05) is 42.5 Å². The number of hydrogen-bond acceptors (Lipinski definition) is 5. The SMILES string of the molecule is N#CC1(C#N)C2CC(c3ccccc3)C1(C#N)C(=N)O2. The van der Waals surface area contributed by atoms with Gasteiger partial charge in [-0.05, 0) is 12.0 Å². The van der Waals surface area contributed by atoms with Gasteiger partial charge in [0.15, 0.2) is 5.41 Å². The van der Waals surface area contributed by atoms with Crippen molar-refractivity contribution in [1.29, 1.82) is 21.2 Å². The van der Waals surface area contributed by atoms with Crippen molar-refractivity contribution < 1.29 is 4.74 Å². The molecule has 1 saturated carbocycles. The third-order valence-electron chi connectivity index (χ3n) is 4.43. The number of fused-ring (bicyclic) bond motifs is 2. The second kappa shape index (κ2) is 3.83. The number of rotatable bonds is 1. The van der Waals surface area contributed by atoms with E-state index in [0.29, 0.717) is 6.42 Å². The molecule has 0 radical (unpaired) electrons. The minimum absolute atomic E-state index is 0.256. The first-order valence-electron chi connectivity index (χ1n) is 6.20. The Morgan fingerprint density at radius 1 is 1.10 bits per heavy atom. The summed E-state index contributed by atoms with van der Waals surface area (Å²) in [5, 5.41) is 36.6. The Morgan fingerprint density at radius 2 is 1.75 bits per heavy atom. The fraction of sp³-hybridized carbons (Fsp3) is 0.333. The molecule has 1 aliphatic carbocycles. The highest BCUT2D eigenvalue weighted by atomic mass is 16.5. The van der Waals surface area contributed by atoms with Gasteiger partial charge in [0.2, 0.25) is 11.3 Å². The summed E-state index contributed by atoms with van der Waals surface area (Å²) in [6.07, 6.45) is -0.309. The molecule has 3 atom stereocenters. The molecule has 96 valence electrons. The van der Waals surface area contributed by atoms with Gasteiger partial charge in [0, 0.05) is 5.92 Å². The summed E-state index contributed by atoms with van der Waals surface area (Å²) in [5.41, 5.74) is -2.25. The van der Waals surface area contributed by atoms with Crippen molar-refractivity contribution in [2.24, 2.45) is 10.8 Å². The molecule has 0 spiro atoms. The third-order valence-corrected chi connectivity index (χ3v) is 4.43. The summed E-state index contributed by atoms with van der Waals surface area (Å²) < 4.78 is 5.32. The lowest BCUT2D eigenvalue weighted by molar-refractivity contribution is 0.168. The zero-order valence-electron chi connectivity index (χ0n) is 10.5. The molecule has 1 N–H and O–H groups in total. The van der Waals surface area contributed by atoms with Crippen LogP contribution < -0.4 is 0 Å². The summed E-state index contributed by atoms with van der Waals surface area (Å²) in [4.78, 5) is 0. The van der Waals surface area contributed by atoms with Crippen molar-refractivity contribution in [3.63, 3.8) is 0 Å². The molecule has 3 rings (SSSR count). The standard InChI is InChI=1S/C15H10N4O/c16-7-14(8-17)12-6-11(10-4-2-1-3-5-10)15(14,9-18)13(19)20-12/h1-5,11-12,19H,6H2. The molecule has 1 aliphatic heterocycles. The maximum atomic E-state index is 9.67. The van der Waals surface area contributed by atoms with Crippen LogP contribution in [0.2, 0.25) is 0 Å². The van der Waals surface area contributed by atoms with Crippen molar-refractivity contribution in [3.8, 4) is 18.2 Å². The zero-order chi connectivity index (χ0) is 14.4. The molecule has 1 aromatic carbocycles. The Kier molecular flexibility index (Phi) is 2.33. The van der Waals surface area contributed by atoms with Crippen LogP contribution in [0, 0.1) is 50.2 Å². The van der Waals surface area contributed by atoms with Crippen LogP contribution in [0.4, 0.5) is 0 Å². The molecule has 1 aromatic rings. The highest BCUT2D eigenvalue weighted by Gasteiger charge is 2.77. The van der Waals surface area contributed by atoms with Gasteiger partial charge in [-0.3, -0.25) is 5.41 Å². The van der Waals surface area contributed by atoms with E-state index < -0.39 is 16.9 Å². The van der Waals surface area contributed by atoms with Gasteiger partial charge >= 0.3 is 0 Å². The van der Waals surface area contributed by atoms with Crippen molar-refractivity contribution in [1.82, 2.24) is 0 Å². The maximum Gasteiger partial charge on any atom is 0.207 e. The predicted octanol–water partition coefficient (Wildman–Crippen LogP) is 2.09. The second-order valence-electron chi connectivity index (χ2n) is 5.09. The van der Waals surface area contributed by atoms with E-state index >= 15 is 0 Å². The Labute approximate surface area is 116 Å². The first-order chi connectivity index (χ1) is 9.66. The highest BCUT2D eigenvalue weighted by Crippen LogP contribution is 2.65. The van der Waals surface area contributed by atoms with Crippen LogP contribution >= 0.6 is 0 Å². The zero-order valence-corrected chi connectivity index (χ0v) is 10.5. The van der Waals surface area contributed by atoms with E-state index in [4.69, 9.17) is 10.1 Å². The molecule has 1 saturated heterocycles. The number of hydrogen-bond donors (Lipinski definition) is 1. The van der Waals surface area contributed by atoms with Gasteiger partial charge in [-0.15, -0.1) is 0 Å². The molecule has 5 nitrogen and oxygen atoms in total. The average Bonchev–Trinajstić information content (AvgIpc) is 2.91. The van der Waals surface area contributed by atoms with Crippen LogP contribution in [-0.2, 0) is 4.74 Å². The summed E-state index contributed by atoms with van der Waals surface area (Å²) in [7, 11) is 0. The molecule has 3 unspecified atom stereocenters. The van der Waals surface area contributed by atoms with Gasteiger partial charge in [-0.25, -0.2) is 0 Å². The van der Waals surface area contributed by atoms with E-state index in [-0.39, 0.29) is 11.8 Å². The lowest BCUT2D eigenvalue weighted by Crippen LogP contribution is -2.41. The van der Waals surface area contributed by atoms with Crippen molar-refractivity contribution in [2.45, 2.75) is 18.4 Å². The van der Waals surface area contributed by atoms with E-state index in [1.165, 1.54) is 0 Å². The average molecular weight is 262 g/mol. The van der Waals surface area contributed by atoms with Crippen LogP contribution in [0.25, 0.3) is 0 Å². The normalized spacial score (nSPS) is 32.8. The highest BCUT2D eigenvalue weighted by molar-refractivity contribution is 5.91. The molecule has 2 aliphatic rings. The van der Waals surface area contributed by atoms with Crippen LogP contribution in [0.3, 0.4) is 0 Å². The smallest absolute Gasteiger partial charge is 0.207 e. The summed E-state index contributed by atoms with van der Waals surface area (Å²) in [6, 6.07) is 15.3. The lowest BCUT2D eigenvalue weighted by Gasteiger charge is -2.30. The monoisotopic (exact) mass is 262 g/mol. The summed E-state index contributed by atoms with van der Waals surface area (Å²) >= 11 is 0. The minimum atomic E-state index is -1.60. The second-order valence-corrected chi connectivity index (χ2v) is 5.09. The van der Waals surface area contributed by atoms with E-state index in [9.17, 15) is 15.8 Å². The van der Waals surface area contributed by atoms with E-state index in [1.54, 1.807) is 0 Å². The Morgan fingerprint density at radius 3 is 2.30 bits per heavy atom. The molecular formula is C15H10N4O. The molecule has 0 amide bonds. The van der Waals surface area contributed by atoms with Crippen molar-refractivity contribution >= 4 is 5.90 Å². The fourth-order valence-electron chi connectivity index (χ4n) is 3.44. The van der Waals surface area contributed by atoms with Gasteiger partial charge in [0.1, 0.15) is 6.10 Å². The van der Waals surface area contributed by atoms with Gasteiger partial charge in [0.25, 0.3) is 0 Å². The lowest BCUT2D eigenvalue weighted by atomic mass is 9.63. The Bertz CT molecular complexity index is 692. The largest absolute Gasteiger partial charge is 0.474 e. The molecule has 0 aromatic heterocycles. The van der Waals surface area contributed by atoms with Gasteiger partial charge in [-0.2, -0.15) is 15.8 Å². The van der Waals surface area contributed by atoms with Crippen molar-refractivity contribution in [2.75, 3.05) is 0 Å². The third kappa shape index (κ3) is 1.08. The Hall–Kier alpha value is -2.84. The van der Waals surface area contributed by atoms with E-state index in [0.717, 1.165) is 5.56 Å². The van der Waals surface area contributed by atoms with Crippen molar-refractivity contribution in [3.05, 3.63) is 35.9 Å². The first kappa shape index (κ1) is 12.2. The molecule has 5 heteroatoms. The van der Waals surface area contributed by atoms with Crippen LogP contribution in [0.1, 0.15) is 17.9 Å². The molecule has 20 heavy (non-hydrogen) atoms. The van der Waals surface area contributed by atoms with Crippen LogP contribution in [0.15, 0.2) is 30.3 Å². The Balaban J connectivity index is 2.25. The number of nitrogens with one attached hydrogen (secondary N) is 1. The number of ether oxygens (including phenoxy) is 1. The molecular weight excluding hydrogens is 252 g/mol. The fourth-order valence-corrected chi connectivity index (χ4v) is 3.44. The quantitative estimate of drug-likeness (QED) is 0.836. The van der Waals surface area contributed by atoms with Crippen LogP contribution in [-0.4, -0.2) is 12.0 Å². The van der Waals surface area contributed by atoms with Gasteiger partial charge in [0.05, 0.1) is 18.2 Å². The number of nitriles is 3. The maximum absolute atomic E-state index is 9.67. The van der Waals surface area contributed by atoms with Gasteiger partial charge in [-0.1, -0.05) is 30.3 Å². The molecule has 1 heterocycles.